The fourth-order valence-corrected chi connectivity index (χ4v) is 4.36. The van der Waals surface area contributed by atoms with E-state index in [1.807, 2.05) is 75.6 Å². The molecule has 6 nitrogen and oxygen atoms in total. The standard InChI is InChI=1S/C27H26N4O2/c1-4-33-26(32)23-24(18-10-6-5-7-11-18)29-27-28-21-12-8-9-13-22(21)31(27)25(23)19-14-16-20(17-15-19)30(2)3/h5-17,25H,4H2,1-3H3,(H,28,29)/t25-/m1/s1. The fourth-order valence-electron chi connectivity index (χ4n) is 4.36. The molecule has 6 heteroatoms. The van der Waals surface area contributed by atoms with Crippen LogP contribution in [-0.4, -0.2) is 36.2 Å². The molecule has 5 rings (SSSR count). The molecular formula is C27H26N4O2. The van der Waals surface area contributed by atoms with Crippen LogP contribution in [0.4, 0.5) is 11.6 Å². The van der Waals surface area contributed by atoms with Crippen LogP contribution < -0.4 is 10.2 Å². The summed E-state index contributed by atoms with van der Waals surface area (Å²) in [6, 6.07) is 25.8. The summed E-state index contributed by atoms with van der Waals surface area (Å²) in [6.07, 6.45) is 0. The molecule has 0 amide bonds. The van der Waals surface area contributed by atoms with Crippen LogP contribution >= 0.6 is 0 Å². The normalized spacial score (nSPS) is 15.2. The van der Waals surface area contributed by atoms with Crippen molar-refractivity contribution in [3.63, 3.8) is 0 Å². The molecule has 1 aliphatic heterocycles. The summed E-state index contributed by atoms with van der Waals surface area (Å²) < 4.78 is 7.67. The lowest BCUT2D eigenvalue weighted by Gasteiger charge is -2.31. The van der Waals surface area contributed by atoms with Crippen LogP contribution in [0.2, 0.25) is 0 Å². The Balaban J connectivity index is 1.80. The Labute approximate surface area is 193 Å². The van der Waals surface area contributed by atoms with E-state index >= 15 is 0 Å². The molecule has 1 atom stereocenters. The van der Waals surface area contributed by atoms with Gasteiger partial charge >= 0.3 is 5.97 Å². The summed E-state index contributed by atoms with van der Waals surface area (Å²) in [5.74, 6) is 0.360. The second-order valence-electron chi connectivity index (χ2n) is 8.18. The molecule has 4 aromatic rings. The second kappa shape index (κ2) is 8.47. The van der Waals surface area contributed by atoms with E-state index < -0.39 is 0 Å². The predicted molar refractivity (Wildman–Crippen MR) is 132 cm³/mol. The number of nitrogens with zero attached hydrogens (tertiary/aromatic N) is 3. The van der Waals surface area contributed by atoms with Crippen molar-refractivity contribution in [3.05, 3.63) is 95.6 Å². The SMILES string of the molecule is CCOC(=O)C1=C(c2ccccc2)Nc2nc3ccccc3n2[C@@H]1c1ccc(N(C)C)cc1. The van der Waals surface area contributed by atoms with Crippen LogP contribution in [-0.2, 0) is 9.53 Å². The fraction of sp³-hybridized carbons (Fsp3) is 0.185. The van der Waals surface area contributed by atoms with Crippen molar-refractivity contribution < 1.29 is 9.53 Å². The van der Waals surface area contributed by atoms with Gasteiger partial charge in [0.15, 0.2) is 0 Å². The van der Waals surface area contributed by atoms with Crippen LogP contribution in [0.15, 0.2) is 84.4 Å². The smallest absolute Gasteiger partial charge is 0.338 e. The van der Waals surface area contributed by atoms with Crippen molar-refractivity contribution in [2.75, 3.05) is 30.9 Å². The van der Waals surface area contributed by atoms with Gasteiger partial charge in [0.2, 0.25) is 5.95 Å². The molecule has 166 valence electrons. The Kier molecular flexibility index (Phi) is 5.34. The topological polar surface area (TPSA) is 59.4 Å². The number of imidazole rings is 1. The van der Waals surface area contributed by atoms with Gasteiger partial charge in [0, 0.05) is 19.8 Å². The Hall–Kier alpha value is -4.06. The highest BCUT2D eigenvalue weighted by atomic mass is 16.5. The van der Waals surface area contributed by atoms with Crippen molar-refractivity contribution in [2.24, 2.45) is 0 Å². The molecule has 0 radical (unpaired) electrons. The molecule has 0 spiro atoms. The van der Waals surface area contributed by atoms with Crippen molar-refractivity contribution >= 4 is 34.3 Å². The van der Waals surface area contributed by atoms with E-state index in [1.165, 1.54) is 0 Å². The molecular weight excluding hydrogens is 412 g/mol. The first-order chi connectivity index (χ1) is 16.1. The summed E-state index contributed by atoms with van der Waals surface area (Å²) in [4.78, 5) is 20.4. The van der Waals surface area contributed by atoms with E-state index in [-0.39, 0.29) is 12.0 Å². The number of carbonyl (C=O) groups is 1. The van der Waals surface area contributed by atoms with Crippen molar-refractivity contribution in [2.45, 2.75) is 13.0 Å². The number of hydrogen-bond acceptors (Lipinski definition) is 5. The molecule has 1 aromatic heterocycles. The molecule has 3 aromatic carbocycles. The number of aromatic nitrogens is 2. The first-order valence-electron chi connectivity index (χ1n) is 11.1. The number of para-hydroxylation sites is 2. The van der Waals surface area contributed by atoms with E-state index in [4.69, 9.17) is 9.72 Å². The first-order valence-corrected chi connectivity index (χ1v) is 11.1. The van der Waals surface area contributed by atoms with E-state index in [0.29, 0.717) is 18.1 Å². The average Bonchev–Trinajstić information content (AvgIpc) is 3.22. The molecule has 2 heterocycles. The predicted octanol–water partition coefficient (Wildman–Crippen LogP) is 5.09. The van der Waals surface area contributed by atoms with Gasteiger partial charge in [-0.25, -0.2) is 9.78 Å². The van der Waals surface area contributed by atoms with E-state index in [1.54, 1.807) is 0 Å². The quantitative estimate of drug-likeness (QED) is 0.440. The largest absolute Gasteiger partial charge is 0.463 e. The van der Waals surface area contributed by atoms with Crippen molar-refractivity contribution in [1.29, 1.82) is 0 Å². The van der Waals surface area contributed by atoms with Crippen LogP contribution in [0.1, 0.15) is 24.1 Å². The Bertz CT molecular complexity index is 1340. The lowest BCUT2D eigenvalue weighted by atomic mass is 9.92. The average molecular weight is 439 g/mol. The number of ether oxygens (including phenoxy) is 1. The highest BCUT2D eigenvalue weighted by Gasteiger charge is 2.36. The molecule has 0 unspecified atom stereocenters. The van der Waals surface area contributed by atoms with Gasteiger partial charge in [0.05, 0.1) is 35.0 Å². The van der Waals surface area contributed by atoms with Crippen LogP contribution in [0, 0.1) is 0 Å². The number of nitrogens with one attached hydrogen (secondary N) is 1. The minimum atomic E-state index is -0.390. The van der Waals surface area contributed by atoms with Crippen LogP contribution in [0.5, 0.6) is 0 Å². The van der Waals surface area contributed by atoms with E-state index in [0.717, 1.165) is 33.5 Å². The number of fused-ring (bicyclic) bond motifs is 3. The summed E-state index contributed by atoms with van der Waals surface area (Å²) in [5.41, 5.74) is 6.10. The lowest BCUT2D eigenvalue weighted by molar-refractivity contribution is -0.138. The number of benzene rings is 3. The summed E-state index contributed by atoms with van der Waals surface area (Å²) in [6.45, 7) is 2.13. The summed E-state index contributed by atoms with van der Waals surface area (Å²) >= 11 is 0. The Morgan fingerprint density at radius 2 is 1.70 bits per heavy atom. The van der Waals surface area contributed by atoms with Crippen molar-refractivity contribution in [1.82, 2.24) is 9.55 Å². The number of anilines is 2. The third-order valence-corrected chi connectivity index (χ3v) is 5.92. The first kappa shape index (κ1) is 20.8. The molecule has 1 N–H and O–H groups in total. The number of rotatable bonds is 5. The van der Waals surface area contributed by atoms with Gasteiger partial charge in [0.25, 0.3) is 0 Å². The maximum absolute atomic E-state index is 13.4. The van der Waals surface area contributed by atoms with Gasteiger partial charge < -0.3 is 15.0 Å². The molecule has 0 saturated heterocycles. The minimum absolute atomic E-state index is 0.300. The zero-order valence-electron chi connectivity index (χ0n) is 18.9. The maximum Gasteiger partial charge on any atom is 0.338 e. The minimum Gasteiger partial charge on any atom is -0.463 e. The monoisotopic (exact) mass is 438 g/mol. The van der Waals surface area contributed by atoms with Gasteiger partial charge in [-0.1, -0.05) is 54.6 Å². The van der Waals surface area contributed by atoms with Gasteiger partial charge in [-0.05, 0) is 42.3 Å². The molecule has 33 heavy (non-hydrogen) atoms. The third kappa shape index (κ3) is 3.63. The third-order valence-electron chi connectivity index (χ3n) is 5.92. The molecule has 0 saturated carbocycles. The molecule has 0 bridgehead atoms. The van der Waals surface area contributed by atoms with Gasteiger partial charge in [0.1, 0.15) is 0 Å². The maximum atomic E-state index is 13.4. The van der Waals surface area contributed by atoms with Crippen LogP contribution in [0.3, 0.4) is 0 Å². The highest BCUT2D eigenvalue weighted by molar-refractivity contribution is 6.03. The zero-order valence-corrected chi connectivity index (χ0v) is 18.9. The number of hydrogen-bond donors (Lipinski definition) is 1. The summed E-state index contributed by atoms with van der Waals surface area (Å²) in [5, 5.41) is 3.44. The van der Waals surface area contributed by atoms with E-state index in [9.17, 15) is 4.79 Å². The van der Waals surface area contributed by atoms with Gasteiger partial charge in [-0.15, -0.1) is 0 Å². The number of carbonyl (C=O) groups excluding carboxylic acids is 1. The molecule has 1 aliphatic rings. The lowest BCUT2D eigenvalue weighted by Crippen LogP contribution is -2.29. The second-order valence-corrected chi connectivity index (χ2v) is 8.18. The van der Waals surface area contributed by atoms with Crippen molar-refractivity contribution in [3.8, 4) is 0 Å². The number of esters is 1. The molecule has 0 aliphatic carbocycles. The van der Waals surface area contributed by atoms with Gasteiger partial charge in [-0.2, -0.15) is 0 Å². The Morgan fingerprint density at radius 3 is 2.39 bits per heavy atom. The Morgan fingerprint density at radius 1 is 1.00 bits per heavy atom. The van der Waals surface area contributed by atoms with Gasteiger partial charge in [-0.3, -0.25) is 4.57 Å². The van der Waals surface area contributed by atoms with E-state index in [2.05, 4.69) is 39.0 Å². The molecule has 0 fully saturated rings. The van der Waals surface area contributed by atoms with Crippen LogP contribution in [0.25, 0.3) is 16.7 Å². The zero-order chi connectivity index (χ0) is 22.9. The summed E-state index contributed by atoms with van der Waals surface area (Å²) in [7, 11) is 4.02. The highest BCUT2D eigenvalue weighted by Crippen LogP contribution is 2.42.